The Bertz CT molecular complexity index is 387. The fourth-order valence-electron chi connectivity index (χ4n) is 2.70. The predicted molar refractivity (Wildman–Crippen MR) is 79.5 cm³/mol. The Labute approximate surface area is 117 Å². The number of hydrogen-bond donors (Lipinski definition) is 1. The van der Waals surface area contributed by atoms with E-state index >= 15 is 0 Å². The number of nitrogens with zero attached hydrogens (tertiary/aromatic N) is 2. The smallest absolute Gasteiger partial charge is 0.0628 e. The summed E-state index contributed by atoms with van der Waals surface area (Å²) >= 11 is 0. The average Bonchev–Trinajstić information content (AvgIpc) is 2.62. The molecule has 1 N–H and O–H groups in total. The maximum Gasteiger partial charge on any atom is 0.0628 e. The molecular formula is C15H29N3O. The van der Waals surface area contributed by atoms with Gasteiger partial charge in [0, 0.05) is 32.5 Å². The van der Waals surface area contributed by atoms with Crippen molar-refractivity contribution in [1.29, 1.82) is 0 Å². The van der Waals surface area contributed by atoms with Crippen molar-refractivity contribution in [2.75, 3.05) is 20.8 Å². The average molecular weight is 267 g/mol. The van der Waals surface area contributed by atoms with Crippen LogP contribution in [0.15, 0.2) is 0 Å². The Morgan fingerprint density at radius 1 is 1.32 bits per heavy atom. The van der Waals surface area contributed by atoms with Gasteiger partial charge in [-0.2, -0.15) is 5.10 Å². The van der Waals surface area contributed by atoms with Crippen molar-refractivity contribution < 1.29 is 4.74 Å². The standard InChI is InChI=1S/C15H29N3O/c1-11(9-10-19-6)15(16-4)8-7-14-12(2)17-18(5)13(14)3/h11,15-16H,7-10H2,1-6H3. The van der Waals surface area contributed by atoms with Crippen molar-refractivity contribution in [3.8, 4) is 0 Å². The van der Waals surface area contributed by atoms with Crippen LogP contribution in [0.4, 0.5) is 0 Å². The van der Waals surface area contributed by atoms with Crippen LogP contribution in [0.2, 0.25) is 0 Å². The van der Waals surface area contributed by atoms with Crippen LogP contribution in [-0.2, 0) is 18.2 Å². The topological polar surface area (TPSA) is 39.1 Å². The summed E-state index contributed by atoms with van der Waals surface area (Å²) in [6.45, 7) is 7.39. The molecule has 0 fully saturated rings. The summed E-state index contributed by atoms with van der Waals surface area (Å²) in [7, 11) is 5.84. The maximum atomic E-state index is 5.17. The lowest BCUT2D eigenvalue weighted by atomic mass is 9.92. The molecule has 0 amide bonds. The van der Waals surface area contributed by atoms with Gasteiger partial charge in [-0.15, -0.1) is 0 Å². The van der Waals surface area contributed by atoms with Crippen molar-refractivity contribution in [3.63, 3.8) is 0 Å². The van der Waals surface area contributed by atoms with Crippen molar-refractivity contribution in [2.45, 2.75) is 46.1 Å². The first kappa shape index (κ1) is 16.2. The summed E-state index contributed by atoms with van der Waals surface area (Å²) in [5.41, 5.74) is 3.86. The second-order valence-corrected chi connectivity index (χ2v) is 5.47. The molecular weight excluding hydrogens is 238 g/mol. The summed E-state index contributed by atoms with van der Waals surface area (Å²) < 4.78 is 7.15. The molecule has 0 bridgehead atoms. The molecule has 1 heterocycles. The number of aryl methyl sites for hydroxylation is 2. The predicted octanol–water partition coefficient (Wildman–Crippen LogP) is 2.23. The number of ether oxygens (including phenoxy) is 1. The van der Waals surface area contributed by atoms with Gasteiger partial charge in [0.15, 0.2) is 0 Å². The molecule has 1 rings (SSSR count). The van der Waals surface area contributed by atoms with Crippen LogP contribution >= 0.6 is 0 Å². The molecule has 0 aliphatic rings. The molecule has 19 heavy (non-hydrogen) atoms. The summed E-state index contributed by atoms with van der Waals surface area (Å²) in [4.78, 5) is 0. The lowest BCUT2D eigenvalue weighted by Crippen LogP contribution is -2.33. The van der Waals surface area contributed by atoms with E-state index in [4.69, 9.17) is 4.74 Å². The van der Waals surface area contributed by atoms with Gasteiger partial charge in [0.1, 0.15) is 0 Å². The van der Waals surface area contributed by atoms with Gasteiger partial charge in [0.2, 0.25) is 0 Å². The Kier molecular flexibility index (Phi) is 6.52. The summed E-state index contributed by atoms with van der Waals surface area (Å²) in [5.74, 6) is 0.627. The third-order valence-corrected chi connectivity index (χ3v) is 4.20. The van der Waals surface area contributed by atoms with E-state index in [1.165, 1.54) is 17.0 Å². The molecule has 0 aromatic carbocycles. The fourth-order valence-corrected chi connectivity index (χ4v) is 2.70. The molecule has 2 unspecified atom stereocenters. The van der Waals surface area contributed by atoms with Gasteiger partial charge in [0.05, 0.1) is 5.69 Å². The number of nitrogens with one attached hydrogen (secondary N) is 1. The monoisotopic (exact) mass is 267 g/mol. The summed E-state index contributed by atoms with van der Waals surface area (Å²) in [6, 6.07) is 0.536. The van der Waals surface area contributed by atoms with Crippen LogP contribution in [0.5, 0.6) is 0 Å². The van der Waals surface area contributed by atoms with E-state index < -0.39 is 0 Å². The number of hydrogen-bond acceptors (Lipinski definition) is 3. The van der Waals surface area contributed by atoms with E-state index in [-0.39, 0.29) is 0 Å². The Morgan fingerprint density at radius 2 is 2.00 bits per heavy atom. The first-order valence-electron chi connectivity index (χ1n) is 7.16. The number of methoxy groups -OCH3 is 1. The molecule has 4 heteroatoms. The van der Waals surface area contributed by atoms with Gasteiger partial charge >= 0.3 is 0 Å². The summed E-state index contributed by atoms with van der Waals surface area (Å²) in [6.07, 6.45) is 3.34. The van der Waals surface area contributed by atoms with E-state index in [1.54, 1.807) is 7.11 Å². The van der Waals surface area contributed by atoms with E-state index in [0.717, 1.165) is 25.9 Å². The molecule has 1 aromatic heterocycles. The van der Waals surface area contributed by atoms with Gasteiger partial charge in [-0.25, -0.2) is 0 Å². The third-order valence-electron chi connectivity index (χ3n) is 4.20. The second-order valence-electron chi connectivity index (χ2n) is 5.47. The zero-order valence-electron chi connectivity index (χ0n) is 13.3. The minimum absolute atomic E-state index is 0.536. The first-order chi connectivity index (χ1) is 9.01. The maximum absolute atomic E-state index is 5.17. The third kappa shape index (κ3) is 4.32. The molecule has 0 aliphatic heterocycles. The first-order valence-corrected chi connectivity index (χ1v) is 7.16. The molecule has 0 aliphatic carbocycles. The molecule has 4 nitrogen and oxygen atoms in total. The zero-order chi connectivity index (χ0) is 14.4. The zero-order valence-corrected chi connectivity index (χ0v) is 13.3. The Hall–Kier alpha value is -0.870. The lowest BCUT2D eigenvalue weighted by Gasteiger charge is -2.23. The van der Waals surface area contributed by atoms with Crippen molar-refractivity contribution in [2.24, 2.45) is 13.0 Å². The normalized spacial score (nSPS) is 14.6. The molecule has 0 spiro atoms. The Morgan fingerprint density at radius 3 is 2.47 bits per heavy atom. The molecule has 110 valence electrons. The quantitative estimate of drug-likeness (QED) is 0.785. The van der Waals surface area contributed by atoms with Crippen molar-refractivity contribution in [1.82, 2.24) is 15.1 Å². The van der Waals surface area contributed by atoms with Gasteiger partial charge in [-0.05, 0) is 51.6 Å². The molecule has 0 saturated heterocycles. The van der Waals surface area contributed by atoms with Crippen molar-refractivity contribution >= 4 is 0 Å². The van der Waals surface area contributed by atoms with E-state index in [1.807, 2.05) is 11.7 Å². The summed E-state index contributed by atoms with van der Waals surface area (Å²) in [5, 5.41) is 7.93. The number of aromatic nitrogens is 2. The van der Waals surface area contributed by atoms with Gasteiger partial charge in [0.25, 0.3) is 0 Å². The SMILES string of the molecule is CNC(CCc1c(C)nn(C)c1C)C(C)CCOC. The largest absolute Gasteiger partial charge is 0.385 e. The minimum Gasteiger partial charge on any atom is -0.385 e. The van der Waals surface area contributed by atoms with E-state index in [2.05, 4.69) is 38.2 Å². The second kappa shape index (κ2) is 7.65. The highest BCUT2D eigenvalue weighted by Crippen LogP contribution is 2.18. The minimum atomic E-state index is 0.536. The van der Waals surface area contributed by atoms with Crippen LogP contribution in [0.25, 0.3) is 0 Å². The van der Waals surface area contributed by atoms with Crippen LogP contribution < -0.4 is 5.32 Å². The fraction of sp³-hybridized carbons (Fsp3) is 0.800. The lowest BCUT2D eigenvalue weighted by molar-refractivity contribution is 0.170. The van der Waals surface area contributed by atoms with E-state index in [0.29, 0.717) is 12.0 Å². The molecule has 2 atom stereocenters. The van der Waals surface area contributed by atoms with Gasteiger partial charge in [-0.3, -0.25) is 4.68 Å². The highest BCUT2D eigenvalue weighted by Gasteiger charge is 2.17. The Balaban J connectivity index is 2.57. The highest BCUT2D eigenvalue weighted by molar-refractivity contribution is 5.24. The van der Waals surface area contributed by atoms with Gasteiger partial charge in [-0.1, -0.05) is 6.92 Å². The molecule has 0 radical (unpaired) electrons. The van der Waals surface area contributed by atoms with E-state index in [9.17, 15) is 0 Å². The molecule has 1 aromatic rings. The van der Waals surface area contributed by atoms with Crippen LogP contribution in [0.1, 0.15) is 36.7 Å². The van der Waals surface area contributed by atoms with Crippen LogP contribution in [0, 0.1) is 19.8 Å². The van der Waals surface area contributed by atoms with Crippen molar-refractivity contribution in [3.05, 3.63) is 17.0 Å². The van der Waals surface area contributed by atoms with Gasteiger partial charge < -0.3 is 10.1 Å². The highest BCUT2D eigenvalue weighted by atomic mass is 16.5. The molecule has 0 saturated carbocycles. The van der Waals surface area contributed by atoms with Crippen LogP contribution in [-0.4, -0.2) is 36.6 Å². The van der Waals surface area contributed by atoms with Crippen LogP contribution in [0.3, 0.4) is 0 Å². The number of rotatable bonds is 8.